The van der Waals surface area contributed by atoms with Crippen LogP contribution in [0.15, 0.2) is 76.3 Å². The number of benzene rings is 3. The molecule has 3 aromatic carbocycles. The molecule has 1 aliphatic heterocycles. The maximum absolute atomic E-state index is 13.3. The standard InChI is InChI=1S/C27H27N3O4/c1-33-25-18-21(10-12-24(25)34-16-15-29-13-5-6-14-29)30-26(31)22-11-9-20(17-23(22)28-27(30)32)19-7-3-2-4-8-19/h2-4,7-12,17-18H,5-6,13-16H2,1H3,(H,28,32). The summed E-state index contributed by atoms with van der Waals surface area (Å²) >= 11 is 0. The zero-order valence-electron chi connectivity index (χ0n) is 19.1. The van der Waals surface area contributed by atoms with Gasteiger partial charge in [0.25, 0.3) is 5.56 Å². The van der Waals surface area contributed by atoms with Gasteiger partial charge in [0.2, 0.25) is 0 Å². The second-order valence-electron chi connectivity index (χ2n) is 8.43. The molecule has 4 aromatic rings. The van der Waals surface area contributed by atoms with E-state index in [1.807, 2.05) is 42.5 Å². The van der Waals surface area contributed by atoms with E-state index >= 15 is 0 Å². The van der Waals surface area contributed by atoms with Crippen LogP contribution in [0, 0.1) is 0 Å². The Kier molecular flexibility index (Phi) is 6.18. The van der Waals surface area contributed by atoms with Crippen molar-refractivity contribution in [1.82, 2.24) is 14.5 Å². The number of methoxy groups -OCH3 is 1. The van der Waals surface area contributed by atoms with Gasteiger partial charge in [-0.05, 0) is 61.3 Å². The number of likely N-dealkylation sites (tertiary alicyclic amines) is 1. The average Bonchev–Trinajstić information content (AvgIpc) is 3.38. The fraction of sp³-hybridized carbons (Fsp3) is 0.259. The van der Waals surface area contributed by atoms with Crippen LogP contribution < -0.4 is 20.7 Å². The summed E-state index contributed by atoms with van der Waals surface area (Å²) in [6, 6.07) is 20.4. The first-order chi connectivity index (χ1) is 16.6. The number of fused-ring (bicyclic) bond motifs is 1. The van der Waals surface area contributed by atoms with Crippen molar-refractivity contribution < 1.29 is 9.47 Å². The highest BCUT2D eigenvalue weighted by molar-refractivity contribution is 5.83. The summed E-state index contributed by atoms with van der Waals surface area (Å²) in [6.07, 6.45) is 2.47. The zero-order chi connectivity index (χ0) is 23.5. The molecule has 174 valence electrons. The van der Waals surface area contributed by atoms with Gasteiger partial charge in [-0.3, -0.25) is 9.69 Å². The van der Waals surface area contributed by atoms with Crippen LogP contribution in [0.2, 0.25) is 0 Å². The lowest BCUT2D eigenvalue weighted by molar-refractivity contribution is 0.230. The van der Waals surface area contributed by atoms with Gasteiger partial charge in [-0.25, -0.2) is 9.36 Å². The van der Waals surface area contributed by atoms with E-state index in [1.54, 1.807) is 31.4 Å². The summed E-state index contributed by atoms with van der Waals surface area (Å²) in [6.45, 7) is 3.63. The zero-order valence-corrected chi connectivity index (χ0v) is 19.1. The van der Waals surface area contributed by atoms with E-state index in [9.17, 15) is 9.59 Å². The summed E-state index contributed by atoms with van der Waals surface area (Å²) in [5.41, 5.74) is 1.97. The third kappa shape index (κ3) is 4.34. The Morgan fingerprint density at radius 3 is 2.44 bits per heavy atom. The molecular formula is C27H27N3O4. The number of hydrogen-bond donors (Lipinski definition) is 1. The summed E-state index contributed by atoms with van der Waals surface area (Å²) in [5.74, 6) is 1.06. The normalized spacial score (nSPS) is 13.9. The predicted molar refractivity (Wildman–Crippen MR) is 133 cm³/mol. The van der Waals surface area contributed by atoms with Gasteiger partial charge < -0.3 is 14.5 Å². The van der Waals surface area contributed by atoms with Crippen molar-refractivity contribution >= 4 is 10.9 Å². The maximum atomic E-state index is 13.3. The smallest absolute Gasteiger partial charge is 0.333 e. The van der Waals surface area contributed by atoms with Gasteiger partial charge in [0.15, 0.2) is 11.5 Å². The van der Waals surface area contributed by atoms with E-state index in [-0.39, 0.29) is 5.56 Å². The molecule has 0 amide bonds. The Hall–Kier alpha value is -3.84. The van der Waals surface area contributed by atoms with Crippen molar-refractivity contribution in [3.8, 4) is 28.3 Å². The Balaban J connectivity index is 1.46. The first-order valence-corrected chi connectivity index (χ1v) is 11.5. The Morgan fingerprint density at radius 2 is 1.68 bits per heavy atom. The maximum Gasteiger partial charge on any atom is 0.333 e. The molecule has 2 heterocycles. The van der Waals surface area contributed by atoms with Gasteiger partial charge in [0.05, 0.1) is 23.7 Å². The van der Waals surface area contributed by atoms with Crippen molar-refractivity contribution in [3.05, 3.63) is 87.6 Å². The lowest BCUT2D eigenvalue weighted by Gasteiger charge is -2.17. The third-order valence-corrected chi connectivity index (χ3v) is 6.27. The highest BCUT2D eigenvalue weighted by Crippen LogP contribution is 2.29. The fourth-order valence-electron chi connectivity index (χ4n) is 4.47. The van der Waals surface area contributed by atoms with Crippen LogP contribution in [0.4, 0.5) is 0 Å². The number of nitrogens with zero attached hydrogens (tertiary/aromatic N) is 2. The van der Waals surface area contributed by atoms with Crippen LogP contribution in [0.3, 0.4) is 0 Å². The van der Waals surface area contributed by atoms with Crippen LogP contribution in [-0.2, 0) is 0 Å². The molecule has 0 spiro atoms. The number of ether oxygens (including phenoxy) is 2. The molecule has 0 atom stereocenters. The summed E-state index contributed by atoms with van der Waals surface area (Å²) in [5, 5.41) is 0.434. The molecule has 0 saturated carbocycles. The number of H-pyrrole nitrogens is 1. The molecule has 1 saturated heterocycles. The molecule has 5 rings (SSSR count). The van der Waals surface area contributed by atoms with E-state index in [1.165, 1.54) is 12.8 Å². The number of rotatable bonds is 7. The van der Waals surface area contributed by atoms with Crippen LogP contribution >= 0.6 is 0 Å². The van der Waals surface area contributed by atoms with Gasteiger partial charge >= 0.3 is 5.69 Å². The SMILES string of the molecule is COc1cc(-n2c(=O)[nH]c3cc(-c4ccccc4)ccc3c2=O)ccc1OCCN1CCCC1. The molecule has 34 heavy (non-hydrogen) atoms. The van der Waals surface area contributed by atoms with Gasteiger partial charge in [-0.15, -0.1) is 0 Å². The topological polar surface area (TPSA) is 76.6 Å². The number of aromatic nitrogens is 2. The summed E-state index contributed by atoms with van der Waals surface area (Å²) < 4.78 is 12.5. The third-order valence-electron chi connectivity index (χ3n) is 6.27. The van der Waals surface area contributed by atoms with Crippen molar-refractivity contribution in [2.45, 2.75) is 12.8 Å². The second-order valence-corrected chi connectivity index (χ2v) is 8.43. The predicted octanol–water partition coefficient (Wildman–Crippen LogP) is 3.83. The average molecular weight is 458 g/mol. The van der Waals surface area contributed by atoms with Crippen molar-refractivity contribution in [3.63, 3.8) is 0 Å². The quantitative estimate of drug-likeness (QED) is 0.457. The molecule has 0 bridgehead atoms. The number of nitrogens with one attached hydrogen (secondary N) is 1. The highest BCUT2D eigenvalue weighted by atomic mass is 16.5. The molecular weight excluding hydrogens is 430 g/mol. The van der Waals surface area contributed by atoms with Crippen molar-refractivity contribution in [2.75, 3.05) is 33.4 Å². The van der Waals surface area contributed by atoms with Crippen LogP contribution in [0.1, 0.15) is 12.8 Å². The first kappa shape index (κ1) is 22.0. The first-order valence-electron chi connectivity index (χ1n) is 11.5. The highest BCUT2D eigenvalue weighted by Gasteiger charge is 2.15. The minimum absolute atomic E-state index is 0.386. The van der Waals surface area contributed by atoms with Gasteiger partial charge in [0.1, 0.15) is 6.61 Å². The molecule has 7 nitrogen and oxygen atoms in total. The van der Waals surface area contributed by atoms with Crippen molar-refractivity contribution in [1.29, 1.82) is 0 Å². The molecule has 1 N–H and O–H groups in total. The summed E-state index contributed by atoms with van der Waals surface area (Å²) in [7, 11) is 1.55. The van der Waals surface area contributed by atoms with E-state index in [0.717, 1.165) is 35.3 Å². The van der Waals surface area contributed by atoms with Gasteiger partial charge in [0, 0.05) is 12.6 Å². The molecule has 0 radical (unpaired) electrons. The van der Waals surface area contributed by atoms with Crippen LogP contribution in [0.25, 0.3) is 27.7 Å². The number of hydrogen-bond acceptors (Lipinski definition) is 5. The van der Waals surface area contributed by atoms with E-state index in [2.05, 4.69) is 9.88 Å². The molecule has 1 aromatic heterocycles. The molecule has 1 fully saturated rings. The van der Waals surface area contributed by atoms with E-state index in [4.69, 9.17) is 9.47 Å². The lowest BCUT2D eigenvalue weighted by Crippen LogP contribution is -2.33. The van der Waals surface area contributed by atoms with E-state index < -0.39 is 5.69 Å². The van der Waals surface area contributed by atoms with Crippen LogP contribution in [0.5, 0.6) is 11.5 Å². The monoisotopic (exact) mass is 457 g/mol. The number of aromatic amines is 1. The minimum atomic E-state index is -0.507. The van der Waals surface area contributed by atoms with E-state index in [0.29, 0.717) is 34.7 Å². The Bertz CT molecular complexity index is 1420. The van der Waals surface area contributed by atoms with Gasteiger partial charge in [-0.2, -0.15) is 0 Å². The largest absolute Gasteiger partial charge is 0.493 e. The second kappa shape index (κ2) is 9.57. The van der Waals surface area contributed by atoms with Crippen LogP contribution in [-0.4, -0.2) is 47.8 Å². The summed E-state index contributed by atoms with van der Waals surface area (Å²) in [4.78, 5) is 31.4. The molecule has 0 unspecified atom stereocenters. The lowest BCUT2D eigenvalue weighted by atomic mass is 10.0. The molecule has 1 aliphatic rings. The Morgan fingerprint density at radius 1 is 0.882 bits per heavy atom. The van der Waals surface area contributed by atoms with Crippen molar-refractivity contribution in [2.24, 2.45) is 0 Å². The van der Waals surface area contributed by atoms with Gasteiger partial charge in [-0.1, -0.05) is 36.4 Å². The minimum Gasteiger partial charge on any atom is -0.493 e. The molecule has 0 aliphatic carbocycles. The fourth-order valence-corrected chi connectivity index (χ4v) is 4.47. The Labute approximate surface area is 197 Å². The molecule has 7 heteroatoms.